The number of likely N-dealkylation sites (tertiary alicyclic amines) is 1. The minimum absolute atomic E-state index is 0.0249. The number of nitrogens with one attached hydrogen (secondary N) is 1. The van der Waals surface area contributed by atoms with E-state index in [0.717, 1.165) is 35.0 Å². The molecular weight excluding hydrogens is 354 g/mol. The van der Waals surface area contributed by atoms with Crippen LogP contribution in [0.4, 0.5) is 0 Å². The molecule has 1 aromatic heterocycles. The molecule has 4 heterocycles. The molecular formula is C22H27N3O3. The molecule has 6 nitrogen and oxygen atoms in total. The van der Waals surface area contributed by atoms with Gasteiger partial charge in [-0.25, -0.2) is 0 Å². The second kappa shape index (κ2) is 6.16. The molecule has 6 heteroatoms. The van der Waals surface area contributed by atoms with Gasteiger partial charge in [-0.15, -0.1) is 0 Å². The molecule has 0 aliphatic carbocycles. The monoisotopic (exact) mass is 381 g/mol. The first-order valence-electron chi connectivity index (χ1n) is 10.2. The molecule has 1 N–H and O–H groups in total. The molecule has 28 heavy (non-hydrogen) atoms. The third kappa shape index (κ3) is 2.47. The Hall–Kier alpha value is -2.18. The molecule has 0 radical (unpaired) electrons. The Labute approximate surface area is 164 Å². The highest BCUT2D eigenvalue weighted by molar-refractivity contribution is 5.82. The van der Waals surface area contributed by atoms with E-state index in [-0.39, 0.29) is 23.6 Å². The number of H-pyrrole nitrogens is 1. The van der Waals surface area contributed by atoms with E-state index in [1.807, 2.05) is 30.0 Å². The summed E-state index contributed by atoms with van der Waals surface area (Å²) in [4.78, 5) is 32.8. The van der Waals surface area contributed by atoms with Gasteiger partial charge in [0.2, 0.25) is 5.91 Å². The predicted molar refractivity (Wildman–Crippen MR) is 107 cm³/mol. The van der Waals surface area contributed by atoms with E-state index >= 15 is 0 Å². The van der Waals surface area contributed by atoms with Crippen LogP contribution in [0, 0.1) is 12.8 Å². The maximum atomic E-state index is 12.8. The standard InChI is InChI=1S/C22H27N3O3/c1-13(2)18-12-28-22-6-7-24(19(22)10-20(26)25(18)22)11-16-9-15-5-4-14(3)8-17(15)23-21(16)27/h4-5,8-9,13,18-19H,6-7,10-12H2,1-3H3,(H,23,27)/t18-,19+,22-/m0/s1. The second-order valence-corrected chi connectivity index (χ2v) is 8.89. The van der Waals surface area contributed by atoms with Crippen molar-refractivity contribution in [2.24, 2.45) is 5.92 Å². The van der Waals surface area contributed by atoms with Gasteiger partial charge in [0.25, 0.3) is 5.56 Å². The fourth-order valence-electron chi connectivity index (χ4n) is 5.34. The van der Waals surface area contributed by atoms with E-state index in [9.17, 15) is 9.59 Å². The van der Waals surface area contributed by atoms with Crippen molar-refractivity contribution in [2.45, 2.75) is 58.0 Å². The van der Waals surface area contributed by atoms with Crippen molar-refractivity contribution in [3.63, 3.8) is 0 Å². The van der Waals surface area contributed by atoms with Gasteiger partial charge in [0.15, 0.2) is 5.72 Å². The number of rotatable bonds is 3. The molecule has 3 aliphatic heterocycles. The van der Waals surface area contributed by atoms with Crippen LogP contribution in [0.1, 0.15) is 37.8 Å². The molecule has 0 bridgehead atoms. The van der Waals surface area contributed by atoms with Crippen LogP contribution in [-0.4, -0.2) is 51.7 Å². The second-order valence-electron chi connectivity index (χ2n) is 8.89. The number of aryl methyl sites for hydroxylation is 1. The van der Waals surface area contributed by atoms with E-state index < -0.39 is 5.72 Å². The van der Waals surface area contributed by atoms with Gasteiger partial charge >= 0.3 is 0 Å². The minimum atomic E-state index is -0.493. The van der Waals surface area contributed by atoms with Gasteiger partial charge < -0.3 is 14.6 Å². The topological polar surface area (TPSA) is 65.6 Å². The fourth-order valence-corrected chi connectivity index (χ4v) is 5.34. The first-order chi connectivity index (χ1) is 13.4. The Morgan fingerprint density at radius 3 is 2.89 bits per heavy atom. The summed E-state index contributed by atoms with van der Waals surface area (Å²) in [6, 6.07) is 8.27. The average Bonchev–Trinajstić information content (AvgIpc) is 3.26. The van der Waals surface area contributed by atoms with Crippen molar-refractivity contribution in [1.29, 1.82) is 0 Å². The number of fused-ring (bicyclic) bond motifs is 1. The summed E-state index contributed by atoms with van der Waals surface area (Å²) in [5.74, 6) is 0.566. The number of nitrogens with zero attached hydrogens (tertiary/aromatic N) is 2. The average molecular weight is 381 g/mol. The van der Waals surface area contributed by atoms with Gasteiger partial charge in [0.1, 0.15) is 0 Å². The maximum Gasteiger partial charge on any atom is 0.252 e. The van der Waals surface area contributed by atoms with E-state index in [2.05, 4.69) is 29.8 Å². The fraction of sp³-hybridized carbons (Fsp3) is 0.545. The van der Waals surface area contributed by atoms with Crippen molar-refractivity contribution < 1.29 is 9.53 Å². The van der Waals surface area contributed by atoms with Crippen molar-refractivity contribution in [1.82, 2.24) is 14.8 Å². The third-order valence-corrected chi connectivity index (χ3v) is 6.82. The number of aromatic nitrogens is 1. The van der Waals surface area contributed by atoms with Crippen LogP contribution in [0.15, 0.2) is 29.1 Å². The number of pyridine rings is 1. The van der Waals surface area contributed by atoms with Crippen molar-refractivity contribution in [3.05, 3.63) is 45.7 Å². The highest BCUT2D eigenvalue weighted by Gasteiger charge is 2.64. The van der Waals surface area contributed by atoms with Crippen LogP contribution in [0.5, 0.6) is 0 Å². The lowest BCUT2D eigenvalue weighted by molar-refractivity contribution is -0.139. The first kappa shape index (κ1) is 17.9. The zero-order chi connectivity index (χ0) is 19.6. The summed E-state index contributed by atoms with van der Waals surface area (Å²) in [6.45, 7) is 8.31. The molecule has 1 spiro atoms. The van der Waals surface area contributed by atoms with E-state index in [1.165, 1.54) is 0 Å². The minimum Gasteiger partial charge on any atom is -0.352 e. The number of hydrogen-bond acceptors (Lipinski definition) is 4. The Morgan fingerprint density at radius 1 is 1.29 bits per heavy atom. The zero-order valence-electron chi connectivity index (χ0n) is 16.7. The number of carbonyl (C=O) groups is 1. The largest absolute Gasteiger partial charge is 0.352 e. The lowest BCUT2D eigenvalue weighted by atomic mass is 10.0. The molecule has 3 aliphatic rings. The Bertz CT molecular complexity index is 1010. The Morgan fingerprint density at radius 2 is 2.11 bits per heavy atom. The molecule has 148 valence electrons. The molecule has 0 unspecified atom stereocenters. The molecule has 1 aromatic carbocycles. The molecule has 3 fully saturated rings. The highest BCUT2D eigenvalue weighted by atomic mass is 16.5. The SMILES string of the molecule is Cc1ccc2cc(CN3CC[C@@]45OC[C@@H](C(C)C)N4C(=O)C[C@@H]35)c(=O)[nH]c2c1. The van der Waals surface area contributed by atoms with Gasteiger partial charge in [-0.05, 0) is 35.9 Å². The zero-order valence-corrected chi connectivity index (χ0v) is 16.7. The number of hydrogen-bond donors (Lipinski definition) is 1. The van der Waals surface area contributed by atoms with Gasteiger partial charge in [-0.3, -0.25) is 14.5 Å². The lowest BCUT2D eigenvalue weighted by Gasteiger charge is -2.34. The van der Waals surface area contributed by atoms with Crippen molar-refractivity contribution >= 4 is 16.8 Å². The molecule has 5 rings (SSSR count). The number of benzene rings is 1. The van der Waals surface area contributed by atoms with Crippen LogP contribution in [0.25, 0.3) is 10.9 Å². The summed E-state index contributed by atoms with van der Waals surface area (Å²) in [6.07, 6.45) is 1.30. The van der Waals surface area contributed by atoms with Gasteiger partial charge in [-0.1, -0.05) is 26.0 Å². The number of amides is 1. The highest BCUT2D eigenvalue weighted by Crippen LogP contribution is 2.49. The summed E-state index contributed by atoms with van der Waals surface area (Å²) in [5.41, 5.74) is 2.20. The molecule has 3 atom stereocenters. The normalized spacial score (nSPS) is 29.9. The van der Waals surface area contributed by atoms with Crippen LogP contribution >= 0.6 is 0 Å². The molecule has 1 amide bonds. The molecule has 3 saturated heterocycles. The lowest BCUT2D eigenvalue weighted by Crippen LogP contribution is -2.50. The van der Waals surface area contributed by atoms with Crippen LogP contribution < -0.4 is 5.56 Å². The number of aromatic amines is 1. The van der Waals surface area contributed by atoms with Crippen molar-refractivity contribution in [2.75, 3.05) is 13.2 Å². The van der Waals surface area contributed by atoms with Crippen molar-refractivity contribution in [3.8, 4) is 0 Å². The summed E-state index contributed by atoms with van der Waals surface area (Å²) in [7, 11) is 0. The summed E-state index contributed by atoms with van der Waals surface area (Å²) >= 11 is 0. The number of carbonyl (C=O) groups excluding carboxylic acids is 1. The van der Waals surface area contributed by atoms with E-state index in [1.54, 1.807) is 0 Å². The van der Waals surface area contributed by atoms with E-state index in [4.69, 9.17) is 4.74 Å². The Kier molecular flexibility index (Phi) is 3.93. The maximum absolute atomic E-state index is 12.8. The van der Waals surface area contributed by atoms with Crippen LogP contribution in [0.3, 0.4) is 0 Å². The van der Waals surface area contributed by atoms with E-state index in [0.29, 0.717) is 25.5 Å². The van der Waals surface area contributed by atoms with Crippen LogP contribution in [0.2, 0.25) is 0 Å². The van der Waals surface area contributed by atoms with Crippen LogP contribution in [-0.2, 0) is 16.1 Å². The third-order valence-electron chi connectivity index (χ3n) is 6.82. The Balaban J connectivity index is 1.45. The summed E-state index contributed by atoms with van der Waals surface area (Å²) < 4.78 is 6.29. The predicted octanol–water partition coefficient (Wildman–Crippen LogP) is 2.39. The van der Waals surface area contributed by atoms with Gasteiger partial charge in [0.05, 0.1) is 18.7 Å². The first-order valence-corrected chi connectivity index (χ1v) is 10.2. The van der Waals surface area contributed by atoms with Gasteiger partial charge in [-0.2, -0.15) is 0 Å². The number of ether oxygens (including phenoxy) is 1. The quantitative estimate of drug-likeness (QED) is 0.887. The molecule has 2 aromatic rings. The summed E-state index contributed by atoms with van der Waals surface area (Å²) in [5, 5.41) is 1.04. The van der Waals surface area contributed by atoms with Gasteiger partial charge in [0, 0.05) is 37.0 Å². The molecule has 0 saturated carbocycles. The smallest absolute Gasteiger partial charge is 0.252 e.